The largest absolute Gasteiger partial charge is 0.490 e. The number of hydrogen-bond acceptors (Lipinski definition) is 6. The van der Waals surface area contributed by atoms with Crippen LogP contribution in [0, 0.1) is 17.6 Å². The zero-order valence-electron chi connectivity index (χ0n) is 24.6. The van der Waals surface area contributed by atoms with Gasteiger partial charge < -0.3 is 14.2 Å². The predicted molar refractivity (Wildman–Crippen MR) is 149 cm³/mol. The normalized spacial score (nSPS) is 24.5. The van der Waals surface area contributed by atoms with Crippen LogP contribution in [0.3, 0.4) is 0 Å². The van der Waals surface area contributed by atoms with Crippen LogP contribution in [0.25, 0.3) is 0 Å². The van der Waals surface area contributed by atoms with Gasteiger partial charge >= 0.3 is 0 Å². The van der Waals surface area contributed by atoms with Crippen LogP contribution >= 0.6 is 0 Å². The van der Waals surface area contributed by atoms with Crippen LogP contribution in [-0.4, -0.2) is 55.8 Å². The van der Waals surface area contributed by atoms with Crippen molar-refractivity contribution in [1.82, 2.24) is 5.06 Å². The highest BCUT2D eigenvalue weighted by atomic mass is 19.3. The van der Waals surface area contributed by atoms with E-state index >= 15 is 13.2 Å². The third kappa shape index (κ3) is 8.23. The lowest BCUT2D eigenvalue weighted by Crippen LogP contribution is -2.40. The van der Waals surface area contributed by atoms with Gasteiger partial charge in [-0.3, -0.25) is 4.84 Å². The number of aliphatic imine (C=N–C) groups is 1. The van der Waals surface area contributed by atoms with Crippen molar-refractivity contribution in [3.8, 4) is 5.75 Å². The topological polar surface area (TPSA) is 55.8 Å². The van der Waals surface area contributed by atoms with Crippen LogP contribution in [0.1, 0.15) is 89.2 Å². The fraction of sp³-hybridized carbons (Fsp3) is 0.710. The summed E-state index contributed by atoms with van der Waals surface area (Å²) in [5.41, 5.74) is -1.27. The van der Waals surface area contributed by atoms with Crippen molar-refractivity contribution < 1.29 is 41.0 Å². The van der Waals surface area contributed by atoms with Gasteiger partial charge in [-0.1, -0.05) is 46.0 Å². The summed E-state index contributed by atoms with van der Waals surface area (Å²) in [5, 5.41) is 0.857. The monoisotopic (exact) mass is 602 g/mol. The van der Waals surface area contributed by atoms with Crippen molar-refractivity contribution in [2.24, 2.45) is 10.9 Å². The summed E-state index contributed by atoms with van der Waals surface area (Å²) >= 11 is 0. The summed E-state index contributed by atoms with van der Waals surface area (Å²) in [5.74, 6) is -8.90. The van der Waals surface area contributed by atoms with Crippen LogP contribution in [0.4, 0.5) is 22.0 Å². The molecule has 236 valence electrons. The van der Waals surface area contributed by atoms with Gasteiger partial charge in [-0.25, -0.2) is 23.2 Å². The van der Waals surface area contributed by atoms with E-state index < -0.39 is 35.5 Å². The van der Waals surface area contributed by atoms with E-state index in [1.54, 1.807) is 0 Å². The van der Waals surface area contributed by atoms with Gasteiger partial charge in [0.15, 0.2) is 11.6 Å². The highest BCUT2D eigenvalue weighted by Crippen LogP contribution is 2.48. The molecular formula is C31H43F5N2O4. The zero-order chi connectivity index (χ0) is 30.1. The SMILES string of the molecule is CCCCCCC1OC1CON1C=CC(C2CCc3cc(OCCCCOCCCC)c(F)c(F)c3C2(F)F)=NC1F. The standard InChI is InChI=1S/C31H43F5N2O4/c1-3-5-7-8-11-24-26(42-24)20-41-38-15-14-23(37-30(38)34)22-13-12-21-19-25(28(32)29(33)27(21)31(22,35)36)40-18-10-9-17-39-16-6-4-2/h14-15,19,22,24,26,30H,3-13,16-18,20H2,1-2H3. The van der Waals surface area contributed by atoms with Crippen LogP contribution in [0.2, 0.25) is 0 Å². The lowest BCUT2D eigenvalue weighted by Gasteiger charge is -2.35. The second kappa shape index (κ2) is 15.5. The molecule has 4 unspecified atom stereocenters. The summed E-state index contributed by atoms with van der Waals surface area (Å²) in [7, 11) is 0. The molecule has 1 fully saturated rings. The molecule has 4 atom stereocenters. The van der Waals surface area contributed by atoms with E-state index in [2.05, 4.69) is 18.8 Å². The first-order valence-electron chi connectivity index (χ1n) is 15.3. The number of ether oxygens (including phenoxy) is 3. The second-order valence-corrected chi connectivity index (χ2v) is 11.2. The molecule has 42 heavy (non-hydrogen) atoms. The Morgan fingerprint density at radius 3 is 2.50 bits per heavy atom. The van der Waals surface area contributed by atoms with Crippen molar-refractivity contribution in [3.63, 3.8) is 0 Å². The van der Waals surface area contributed by atoms with Gasteiger partial charge in [-0.15, -0.1) is 0 Å². The van der Waals surface area contributed by atoms with Crippen LogP contribution < -0.4 is 4.74 Å². The molecule has 0 bridgehead atoms. The Morgan fingerprint density at radius 1 is 0.976 bits per heavy atom. The number of allylic oxidation sites excluding steroid dienone is 1. The number of alkyl halides is 3. The molecule has 0 aromatic heterocycles. The average molecular weight is 603 g/mol. The molecule has 11 heteroatoms. The van der Waals surface area contributed by atoms with Crippen LogP contribution in [0.15, 0.2) is 23.3 Å². The number of hydrogen-bond donors (Lipinski definition) is 0. The Balaban J connectivity index is 1.30. The highest BCUT2D eigenvalue weighted by molar-refractivity contribution is 5.98. The third-order valence-corrected chi connectivity index (χ3v) is 7.94. The molecular weight excluding hydrogens is 559 g/mol. The average Bonchev–Trinajstić information content (AvgIpc) is 3.72. The highest BCUT2D eigenvalue weighted by Gasteiger charge is 2.51. The maximum Gasteiger partial charge on any atom is 0.288 e. The number of epoxide rings is 1. The lowest BCUT2D eigenvalue weighted by atomic mass is 9.77. The number of halogens is 5. The molecule has 2 heterocycles. The Hall–Kier alpha value is -2.24. The van der Waals surface area contributed by atoms with Gasteiger partial charge in [0, 0.05) is 19.4 Å². The predicted octanol–water partition coefficient (Wildman–Crippen LogP) is 7.79. The molecule has 1 aromatic carbocycles. The smallest absolute Gasteiger partial charge is 0.288 e. The third-order valence-electron chi connectivity index (χ3n) is 7.94. The van der Waals surface area contributed by atoms with Crippen molar-refractivity contribution in [2.75, 3.05) is 26.4 Å². The van der Waals surface area contributed by atoms with Gasteiger partial charge in [0.1, 0.15) is 12.7 Å². The van der Waals surface area contributed by atoms with E-state index in [-0.39, 0.29) is 55.3 Å². The number of unbranched alkanes of at least 4 members (excludes halogenated alkanes) is 5. The fourth-order valence-corrected chi connectivity index (χ4v) is 5.41. The number of nitrogens with zero attached hydrogens (tertiary/aromatic N) is 2. The van der Waals surface area contributed by atoms with Crippen molar-refractivity contribution >= 4 is 5.71 Å². The quantitative estimate of drug-likeness (QED) is 0.0743. The zero-order valence-corrected chi connectivity index (χ0v) is 24.6. The van der Waals surface area contributed by atoms with Crippen LogP contribution in [-0.2, 0) is 26.7 Å². The van der Waals surface area contributed by atoms with Crippen molar-refractivity contribution in [3.05, 3.63) is 41.1 Å². The number of benzene rings is 1. The van der Waals surface area contributed by atoms with Crippen LogP contribution in [0.5, 0.6) is 5.75 Å². The van der Waals surface area contributed by atoms with Gasteiger partial charge in [0.25, 0.3) is 12.3 Å². The first-order chi connectivity index (χ1) is 20.3. The minimum Gasteiger partial charge on any atom is -0.490 e. The summed E-state index contributed by atoms with van der Waals surface area (Å²) in [6.45, 7) is 5.66. The maximum absolute atomic E-state index is 15.6. The van der Waals surface area contributed by atoms with E-state index in [1.807, 2.05) is 0 Å². The second-order valence-electron chi connectivity index (χ2n) is 11.2. The van der Waals surface area contributed by atoms with Gasteiger partial charge in [-0.2, -0.15) is 8.78 Å². The lowest BCUT2D eigenvalue weighted by molar-refractivity contribution is -0.182. The fourth-order valence-electron chi connectivity index (χ4n) is 5.41. The molecule has 4 rings (SSSR count). The first kappa shape index (κ1) is 32.7. The molecule has 1 saturated heterocycles. The molecule has 1 aromatic rings. The van der Waals surface area contributed by atoms with E-state index in [4.69, 9.17) is 19.0 Å². The molecule has 0 amide bonds. The molecule has 0 saturated carbocycles. The van der Waals surface area contributed by atoms with Crippen molar-refractivity contribution in [2.45, 2.75) is 109 Å². The summed E-state index contributed by atoms with van der Waals surface area (Å²) in [6, 6.07) is 1.15. The van der Waals surface area contributed by atoms with Gasteiger partial charge in [0.05, 0.1) is 29.9 Å². The molecule has 3 aliphatic rings. The molecule has 6 nitrogen and oxygen atoms in total. The number of fused-ring (bicyclic) bond motifs is 1. The van der Waals surface area contributed by atoms with E-state index in [0.717, 1.165) is 49.7 Å². The summed E-state index contributed by atoms with van der Waals surface area (Å²) in [4.78, 5) is 9.25. The Labute approximate surface area is 245 Å². The number of hydroxylamine groups is 2. The minimum absolute atomic E-state index is 0.0242. The molecule has 0 N–H and O–H groups in total. The molecule has 0 radical (unpaired) electrons. The maximum atomic E-state index is 15.6. The van der Waals surface area contributed by atoms with E-state index in [9.17, 15) is 8.78 Å². The van der Waals surface area contributed by atoms with Crippen molar-refractivity contribution in [1.29, 1.82) is 0 Å². The van der Waals surface area contributed by atoms with Gasteiger partial charge in [0.2, 0.25) is 5.82 Å². The molecule has 0 spiro atoms. The molecule has 1 aliphatic carbocycles. The number of rotatable bonds is 18. The van der Waals surface area contributed by atoms with E-state index in [0.29, 0.717) is 26.1 Å². The first-order valence-corrected chi connectivity index (χ1v) is 15.3. The number of aryl methyl sites for hydroxylation is 1. The minimum atomic E-state index is -3.80. The Morgan fingerprint density at radius 2 is 1.74 bits per heavy atom. The van der Waals surface area contributed by atoms with Gasteiger partial charge in [-0.05, 0) is 56.2 Å². The Kier molecular flexibility index (Phi) is 12.0. The van der Waals surface area contributed by atoms with E-state index in [1.165, 1.54) is 18.7 Å². The Bertz CT molecular complexity index is 1090. The molecule has 2 aliphatic heterocycles. The summed E-state index contributed by atoms with van der Waals surface area (Å²) < 4.78 is 92.4. The summed E-state index contributed by atoms with van der Waals surface area (Å²) in [6.07, 6.45) is 8.97.